The number of nitrogens with one attached hydrogen (secondary N) is 1. The van der Waals surface area contributed by atoms with Crippen LogP contribution in [0, 0.1) is 0 Å². The number of nitrogens with zero attached hydrogens (tertiary/aromatic N) is 5. The molecule has 1 aliphatic carbocycles. The second-order valence-electron chi connectivity index (χ2n) is 13.8. The molecule has 2 amide bonds. The SMILES string of the molecule is CC1CCC2(CCN(C(=O)OC(C)(C)C)CC2)c2c1n(CC(=O)Nc1ccc(C(F)(F)F)cc1Cl)c1nc(C3=CCOCC3)nn1c2=O. The van der Waals surface area contributed by atoms with Gasteiger partial charge in [0.1, 0.15) is 12.1 Å². The first-order valence-electron chi connectivity index (χ1n) is 16.0. The average Bonchev–Trinajstić information content (AvgIpc) is 3.47. The number of ether oxygens (including phenoxy) is 2. The Balaban J connectivity index is 1.41. The van der Waals surface area contributed by atoms with E-state index in [9.17, 15) is 27.6 Å². The highest BCUT2D eigenvalue weighted by Gasteiger charge is 2.46. The van der Waals surface area contributed by atoms with Gasteiger partial charge in [0.05, 0.1) is 29.5 Å². The molecule has 4 heterocycles. The molecule has 1 aromatic carbocycles. The number of piperidine rings is 1. The van der Waals surface area contributed by atoms with Crippen molar-refractivity contribution in [2.75, 3.05) is 31.6 Å². The number of anilines is 1. The van der Waals surface area contributed by atoms with Gasteiger partial charge in [-0.1, -0.05) is 24.6 Å². The smallest absolute Gasteiger partial charge is 0.416 e. The molecule has 2 aromatic heterocycles. The van der Waals surface area contributed by atoms with E-state index in [4.69, 9.17) is 26.1 Å². The highest BCUT2D eigenvalue weighted by molar-refractivity contribution is 6.33. The van der Waals surface area contributed by atoms with E-state index >= 15 is 0 Å². The van der Waals surface area contributed by atoms with Crippen LogP contribution in [0.5, 0.6) is 0 Å². The summed E-state index contributed by atoms with van der Waals surface area (Å²) in [6.07, 6.45) is -0.103. The number of amides is 2. The van der Waals surface area contributed by atoms with Gasteiger partial charge in [0.15, 0.2) is 5.82 Å². The molecule has 1 atom stereocenters. The van der Waals surface area contributed by atoms with E-state index < -0.39 is 34.8 Å². The fourth-order valence-corrected chi connectivity index (χ4v) is 7.16. The largest absolute Gasteiger partial charge is 0.444 e. The lowest BCUT2D eigenvalue weighted by molar-refractivity contribution is -0.137. The molecule has 6 rings (SSSR count). The minimum absolute atomic E-state index is 0.0224. The number of alkyl halides is 3. The van der Waals surface area contributed by atoms with Crippen molar-refractivity contribution in [2.45, 2.75) is 89.5 Å². The fraction of sp³-hybridized carbons (Fsp3) is 0.545. The number of benzene rings is 1. The molecule has 1 fully saturated rings. The van der Waals surface area contributed by atoms with E-state index in [1.165, 1.54) is 4.52 Å². The van der Waals surface area contributed by atoms with Crippen LogP contribution in [0.2, 0.25) is 5.02 Å². The summed E-state index contributed by atoms with van der Waals surface area (Å²) < 4.78 is 53.6. The third kappa shape index (κ3) is 6.56. The van der Waals surface area contributed by atoms with Gasteiger partial charge in [-0.25, -0.2) is 4.79 Å². The Bertz CT molecular complexity index is 1850. The number of carbonyl (C=O) groups excluding carboxylic acids is 2. The molecule has 2 aliphatic heterocycles. The average molecular weight is 691 g/mol. The van der Waals surface area contributed by atoms with E-state index in [0.717, 1.165) is 30.2 Å². The Morgan fingerprint density at radius 2 is 1.90 bits per heavy atom. The Morgan fingerprint density at radius 3 is 2.52 bits per heavy atom. The fourth-order valence-electron chi connectivity index (χ4n) is 6.93. The van der Waals surface area contributed by atoms with Crippen LogP contribution in [-0.2, 0) is 32.4 Å². The van der Waals surface area contributed by atoms with Gasteiger partial charge in [0.2, 0.25) is 11.7 Å². The van der Waals surface area contributed by atoms with Crippen LogP contribution in [0.4, 0.5) is 23.7 Å². The van der Waals surface area contributed by atoms with Gasteiger partial charge in [0.25, 0.3) is 5.56 Å². The molecule has 3 aliphatic rings. The van der Waals surface area contributed by atoms with E-state index in [1.807, 2.05) is 33.8 Å². The molecule has 1 saturated heterocycles. The van der Waals surface area contributed by atoms with E-state index in [-0.39, 0.29) is 34.5 Å². The molecule has 0 saturated carbocycles. The quantitative estimate of drug-likeness (QED) is 0.348. The minimum atomic E-state index is -4.59. The van der Waals surface area contributed by atoms with E-state index in [0.29, 0.717) is 69.1 Å². The number of fused-ring (bicyclic) bond motifs is 3. The second-order valence-corrected chi connectivity index (χ2v) is 14.2. The number of hydrogen-bond donors (Lipinski definition) is 1. The third-order valence-electron chi connectivity index (χ3n) is 9.33. The van der Waals surface area contributed by atoms with Crippen LogP contribution < -0.4 is 10.9 Å². The molecule has 3 aromatic rings. The standard InChI is InChI=1S/C33H38ClF3N6O5/c1-19-7-10-32(11-13-41(14-12-32)30(46)48-31(2,3)4)25-26(19)42(18-24(44)38-23-6-5-21(17-22(23)34)33(35,36)37)29-39-27(40-43(29)28(25)45)20-8-15-47-16-9-20/h5-6,8,17,19H,7,9-16,18H2,1-4H3,(H,38,44). The monoisotopic (exact) mass is 690 g/mol. The predicted molar refractivity (Wildman–Crippen MR) is 172 cm³/mol. The molecular formula is C33H38ClF3N6O5. The molecule has 0 bridgehead atoms. The van der Waals surface area contributed by atoms with Crippen LogP contribution in [0.25, 0.3) is 11.4 Å². The number of carbonyl (C=O) groups is 2. The molecule has 1 unspecified atom stereocenters. The Morgan fingerprint density at radius 1 is 1.17 bits per heavy atom. The van der Waals surface area contributed by atoms with Crippen molar-refractivity contribution in [1.29, 1.82) is 0 Å². The summed E-state index contributed by atoms with van der Waals surface area (Å²) in [5, 5.41) is 7.01. The van der Waals surface area contributed by atoms with E-state index in [1.54, 1.807) is 9.47 Å². The molecule has 11 nitrogen and oxygen atoms in total. The first kappa shape index (κ1) is 34.0. The lowest BCUT2D eigenvalue weighted by atomic mass is 9.64. The van der Waals surface area contributed by atoms with Crippen molar-refractivity contribution in [3.8, 4) is 0 Å². The highest BCUT2D eigenvalue weighted by atomic mass is 35.5. The van der Waals surface area contributed by atoms with Crippen LogP contribution in [-0.4, -0.2) is 68.0 Å². The first-order valence-corrected chi connectivity index (χ1v) is 16.4. The summed E-state index contributed by atoms with van der Waals surface area (Å²) >= 11 is 6.15. The lowest BCUT2D eigenvalue weighted by Gasteiger charge is -2.46. The Hall–Kier alpha value is -3.91. The zero-order valence-electron chi connectivity index (χ0n) is 27.2. The van der Waals surface area contributed by atoms with E-state index in [2.05, 4.69) is 10.4 Å². The minimum Gasteiger partial charge on any atom is -0.444 e. The van der Waals surface area contributed by atoms with Crippen molar-refractivity contribution in [1.82, 2.24) is 24.1 Å². The topological polar surface area (TPSA) is 120 Å². The van der Waals surface area contributed by atoms with Gasteiger partial charge in [-0.15, -0.1) is 5.10 Å². The van der Waals surface area contributed by atoms with Gasteiger partial charge >= 0.3 is 12.3 Å². The number of likely N-dealkylation sites (tertiary alicyclic amines) is 1. The molecule has 15 heteroatoms. The van der Waals surface area contributed by atoms with Crippen molar-refractivity contribution in [2.24, 2.45) is 0 Å². The molecule has 1 N–H and O–H groups in total. The van der Waals surface area contributed by atoms with Gasteiger partial charge < -0.3 is 24.3 Å². The summed E-state index contributed by atoms with van der Waals surface area (Å²) in [7, 11) is 0. The molecule has 258 valence electrons. The Kier molecular flexibility index (Phi) is 8.86. The summed E-state index contributed by atoms with van der Waals surface area (Å²) in [5.41, 5.74) is -0.409. The first-order chi connectivity index (χ1) is 22.6. The van der Waals surface area contributed by atoms with Crippen molar-refractivity contribution >= 4 is 40.6 Å². The van der Waals surface area contributed by atoms with Crippen LogP contribution in [0.3, 0.4) is 0 Å². The van der Waals surface area contributed by atoms with Crippen molar-refractivity contribution in [3.63, 3.8) is 0 Å². The number of aromatic nitrogens is 4. The molecular weight excluding hydrogens is 653 g/mol. The number of rotatable bonds is 4. The maximum atomic E-state index is 14.5. The van der Waals surface area contributed by atoms with Gasteiger partial charge in [-0.2, -0.15) is 22.7 Å². The van der Waals surface area contributed by atoms with Gasteiger partial charge in [-0.3, -0.25) is 9.59 Å². The zero-order chi connectivity index (χ0) is 34.6. The van der Waals surface area contributed by atoms with Gasteiger partial charge in [-0.05, 0) is 82.6 Å². The van der Waals surface area contributed by atoms with Crippen molar-refractivity contribution in [3.05, 3.63) is 62.3 Å². The maximum absolute atomic E-state index is 14.5. The summed E-state index contributed by atoms with van der Waals surface area (Å²) in [6.45, 7) is 8.78. The van der Waals surface area contributed by atoms with Crippen LogP contribution in [0.1, 0.15) is 88.4 Å². The van der Waals surface area contributed by atoms with Gasteiger partial charge in [0, 0.05) is 29.8 Å². The highest BCUT2D eigenvalue weighted by Crippen LogP contribution is 2.47. The molecule has 0 radical (unpaired) electrons. The maximum Gasteiger partial charge on any atom is 0.416 e. The summed E-state index contributed by atoms with van der Waals surface area (Å²) in [6, 6.07) is 2.73. The summed E-state index contributed by atoms with van der Waals surface area (Å²) in [5.74, 6) is -0.146. The lowest BCUT2D eigenvalue weighted by Crippen LogP contribution is -2.51. The normalized spacial score (nSPS) is 19.6. The molecule has 1 spiro atoms. The summed E-state index contributed by atoms with van der Waals surface area (Å²) in [4.78, 5) is 47.4. The molecule has 48 heavy (non-hydrogen) atoms. The number of hydrogen-bond acceptors (Lipinski definition) is 7. The predicted octanol–water partition coefficient (Wildman–Crippen LogP) is 6.17. The third-order valence-corrected chi connectivity index (χ3v) is 9.65. The second kappa shape index (κ2) is 12.5. The Labute approximate surface area is 280 Å². The van der Waals surface area contributed by atoms with Crippen LogP contribution >= 0.6 is 11.6 Å². The van der Waals surface area contributed by atoms with Crippen molar-refractivity contribution < 1.29 is 32.2 Å². The van der Waals surface area contributed by atoms with Crippen LogP contribution in [0.15, 0.2) is 29.1 Å². The number of halogens is 4. The zero-order valence-corrected chi connectivity index (χ0v) is 28.0.